The number of hydrogen-bond acceptors (Lipinski definition) is 4. The maximum Gasteiger partial charge on any atom is 0.323 e. The minimum Gasteiger partial charge on any atom is -0.480 e. The van der Waals surface area contributed by atoms with Gasteiger partial charge in [0.1, 0.15) is 13.1 Å². The maximum atomic E-state index is 12.2. The predicted molar refractivity (Wildman–Crippen MR) is 74.2 cm³/mol. The Morgan fingerprint density at radius 3 is 2.05 bits per heavy atom. The van der Waals surface area contributed by atoms with Crippen LogP contribution in [0.5, 0.6) is 0 Å². The lowest BCUT2D eigenvalue weighted by Gasteiger charge is -2.28. The lowest BCUT2D eigenvalue weighted by molar-refractivity contribution is -0.138. The van der Waals surface area contributed by atoms with Crippen LogP contribution in [0.15, 0.2) is 0 Å². The van der Waals surface area contributed by atoms with Crippen LogP contribution in [0, 0.1) is 0 Å². The van der Waals surface area contributed by atoms with E-state index in [1.165, 1.54) is 4.90 Å². The second-order valence-electron chi connectivity index (χ2n) is 4.74. The molecule has 0 aromatic heterocycles. The van der Waals surface area contributed by atoms with Crippen molar-refractivity contribution in [2.24, 2.45) is 5.73 Å². The average Bonchev–Trinajstić information content (AvgIpc) is 2.31. The molecule has 8 heteroatoms. The molecule has 0 aromatic rings. The number of carbonyl (C=O) groups excluding carboxylic acids is 2. The number of nitrogens with two attached hydrogens (primary N) is 1. The van der Waals surface area contributed by atoms with Crippen LogP contribution in [-0.2, 0) is 9.59 Å². The molecule has 0 saturated carbocycles. The summed E-state index contributed by atoms with van der Waals surface area (Å²) in [6.45, 7) is 2.64. The molecule has 0 aliphatic rings. The normalized spacial score (nSPS) is 10.4. The Hall–Kier alpha value is -1.83. The van der Waals surface area contributed by atoms with Gasteiger partial charge in [-0.2, -0.15) is 0 Å². The number of rotatable bonds is 9. The molecular weight excluding hydrogens is 264 g/mol. The molecule has 116 valence electrons. The third-order valence-corrected chi connectivity index (χ3v) is 2.63. The Kier molecular flexibility index (Phi) is 8.30. The number of urea groups is 1. The van der Waals surface area contributed by atoms with Gasteiger partial charge in [-0.1, -0.05) is 0 Å². The largest absolute Gasteiger partial charge is 0.480 e. The molecule has 0 heterocycles. The zero-order valence-corrected chi connectivity index (χ0v) is 12.3. The Bertz CT molecular complexity index is 330. The van der Waals surface area contributed by atoms with Crippen LogP contribution in [0.3, 0.4) is 0 Å². The fourth-order valence-electron chi connectivity index (χ4n) is 1.71. The van der Waals surface area contributed by atoms with Gasteiger partial charge in [-0.05, 0) is 34.0 Å². The standard InChI is InChI=1S/C12H24N4O4/c1-4-15(7-5-6-14(2)3)12(20)16(8-10(13)17)9-11(18)19/h4-9H2,1-3H3,(H2,13,17)(H,18,19). The first-order chi connectivity index (χ1) is 9.27. The van der Waals surface area contributed by atoms with Crippen molar-refractivity contribution in [3.63, 3.8) is 0 Å². The summed E-state index contributed by atoms with van der Waals surface area (Å²) in [5.41, 5.74) is 5.04. The Balaban J connectivity index is 4.63. The highest BCUT2D eigenvalue weighted by molar-refractivity contribution is 5.85. The van der Waals surface area contributed by atoms with Gasteiger partial charge >= 0.3 is 12.0 Å². The second kappa shape index (κ2) is 9.13. The van der Waals surface area contributed by atoms with Gasteiger partial charge in [0.2, 0.25) is 5.91 Å². The summed E-state index contributed by atoms with van der Waals surface area (Å²) in [4.78, 5) is 38.3. The molecule has 0 fully saturated rings. The molecule has 0 atom stereocenters. The number of aliphatic carboxylic acids is 1. The van der Waals surface area contributed by atoms with Crippen LogP contribution in [0.4, 0.5) is 4.79 Å². The summed E-state index contributed by atoms with van der Waals surface area (Å²) in [6.07, 6.45) is 0.768. The molecule has 3 N–H and O–H groups in total. The Morgan fingerprint density at radius 1 is 1.05 bits per heavy atom. The second-order valence-corrected chi connectivity index (χ2v) is 4.74. The van der Waals surface area contributed by atoms with E-state index < -0.39 is 31.0 Å². The molecule has 0 aliphatic heterocycles. The van der Waals surface area contributed by atoms with Crippen LogP contribution in [0.25, 0.3) is 0 Å². The number of hydrogen-bond donors (Lipinski definition) is 2. The van der Waals surface area contributed by atoms with Crippen LogP contribution < -0.4 is 5.73 Å². The van der Waals surface area contributed by atoms with Crippen molar-refractivity contribution in [1.29, 1.82) is 0 Å². The lowest BCUT2D eigenvalue weighted by Crippen LogP contribution is -2.49. The summed E-state index contributed by atoms with van der Waals surface area (Å²) >= 11 is 0. The SMILES string of the molecule is CCN(CCCN(C)C)C(=O)N(CC(N)=O)CC(=O)O. The third kappa shape index (κ3) is 7.57. The van der Waals surface area contributed by atoms with E-state index in [-0.39, 0.29) is 0 Å². The summed E-state index contributed by atoms with van der Waals surface area (Å²) < 4.78 is 0. The molecule has 0 spiro atoms. The minimum atomic E-state index is -1.18. The molecule has 8 nitrogen and oxygen atoms in total. The molecule has 0 aliphatic carbocycles. The topological polar surface area (TPSA) is 107 Å². The van der Waals surface area contributed by atoms with Crippen LogP contribution in [-0.4, -0.2) is 84.5 Å². The van der Waals surface area contributed by atoms with E-state index >= 15 is 0 Å². The highest BCUT2D eigenvalue weighted by Gasteiger charge is 2.23. The van der Waals surface area contributed by atoms with Gasteiger partial charge in [0.15, 0.2) is 0 Å². The first-order valence-electron chi connectivity index (χ1n) is 6.46. The molecular formula is C12H24N4O4. The number of carbonyl (C=O) groups is 3. The fourth-order valence-corrected chi connectivity index (χ4v) is 1.71. The highest BCUT2D eigenvalue weighted by Crippen LogP contribution is 2.01. The van der Waals surface area contributed by atoms with E-state index in [1.807, 2.05) is 19.0 Å². The van der Waals surface area contributed by atoms with Gasteiger partial charge in [0.25, 0.3) is 0 Å². The van der Waals surface area contributed by atoms with Gasteiger partial charge in [-0.15, -0.1) is 0 Å². The van der Waals surface area contributed by atoms with E-state index in [2.05, 4.69) is 0 Å². The van der Waals surface area contributed by atoms with Crippen LogP contribution in [0.2, 0.25) is 0 Å². The van der Waals surface area contributed by atoms with Crippen molar-refractivity contribution in [3.8, 4) is 0 Å². The van der Waals surface area contributed by atoms with Gasteiger partial charge < -0.3 is 25.5 Å². The third-order valence-electron chi connectivity index (χ3n) is 2.63. The zero-order chi connectivity index (χ0) is 15.7. The van der Waals surface area contributed by atoms with Crippen LogP contribution >= 0.6 is 0 Å². The quantitative estimate of drug-likeness (QED) is 0.580. The Morgan fingerprint density at radius 2 is 1.65 bits per heavy atom. The van der Waals surface area contributed by atoms with Crippen molar-refractivity contribution >= 4 is 17.9 Å². The van der Waals surface area contributed by atoms with E-state index in [0.717, 1.165) is 17.9 Å². The average molecular weight is 288 g/mol. The van der Waals surface area contributed by atoms with Gasteiger partial charge in [0, 0.05) is 13.1 Å². The summed E-state index contributed by atoms with van der Waals surface area (Å²) in [7, 11) is 3.86. The Labute approximate surface area is 119 Å². The number of nitrogens with zero attached hydrogens (tertiary/aromatic N) is 3. The van der Waals surface area contributed by atoms with Gasteiger partial charge in [-0.25, -0.2) is 4.79 Å². The van der Waals surface area contributed by atoms with Crippen molar-refractivity contribution in [2.75, 3.05) is 46.8 Å². The number of amides is 3. The highest BCUT2D eigenvalue weighted by atomic mass is 16.4. The zero-order valence-electron chi connectivity index (χ0n) is 12.3. The monoisotopic (exact) mass is 288 g/mol. The number of primary amides is 1. The summed E-state index contributed by atoms with van der Waals surface area (Å²) in [6, 6.07) is -0.479. The molecule has 0 rings (SSSR count). The molecule has 20 heavy (non-hydrogen) atoms. The molecule has 0 unspecified atom stereocenters. The fraction of sp³-hybridized carbons (Fsp3) is 0.750. The molecule has 0 saturated heterocycles. The van der Waals surface area contributed by atoms with Crippen molar-refractivity contribution < 1.29 is 19.5 Å². The molecule has 0 bridgehead atoms. The van der Waals surface area contributed by atoms with Crippen molar-refractivity contribution in [2.45, 2.75) is 13.3 Å². The smallest absolute Gasteiger partial charge is 0.323 e. The van der Waals surface area contributed by atoms with E-state index in [0.29, 0.717) is 13.1 Å². The number of carboxylic acid groups (broad SMARTS) is 1. The molecule has 3 amide bonds. The first kappa shape index (κ1) is 18.2. The summed E-state index contributed by atoms with van der Waals surface area (Å²) in [5, 5.41) is 8.78. The first-order valence-corrected chi connectivity index (χ1v) is 6.46. The summed E-state index contributed by atoms with van der Waals surface area (Å²) in [5.74, 6) is -1.91. The van der Waals surface area contributed by atoms with Crippen molar-refractivity contribution in [1.82, 2.24) is 14.7 Å². The number of carboxylic acids is 1. The van der Waals surface area contributed by atoms with Crippen LogP contribution in [0.1, 0.15) is 13.3 Å². The van der Waals surface area contributed by atoms with E-state index in [9.17, 15) is 14.4 Å². The van der Waals surface area contributed by atoms with Gasteiger partial charge in [-0.3, -0.25) is 9.59 Å². The molecule has 0 radical (unpaired) electrons. The van der Waals surface area contributed by atoms with Crippen molar-refractivity contribution in [3.05, 3.63) is 0 Å². The lowest BCUT2D eigenvalue weighted by atomic mass is 10.3. The predicted octanol–water partition coefficient (Wildman–Crippen LogP) is -0.748. The minimum absolute atomic E-state index is 0.394. The maximum absolute atomic E-state index is 12.2. The van der Waals surface area contributed by atoms with Gasteiger partial charge in [0.05, 0.1) is 0 Å². The van der Waals surface area contributed by atoms with E-state index in [4.69, 9.17) is 10.8 Å². The van der Waals surface area contributed by atoms with E-state index in [1.54, 1.807) is 6.92 Å². The molecule has 0 aromatic carbocycles.